The van der Waals surface area contributed by atoms with Gasteiger partial charge in [0.05, 0.1) is 17.4 Å². The van der Waals surface area contributed by atoms with Gasteiger partial charge in [0, 0.05) is 37.8 Å². The second-order valence-corrected chi connectivity index (χ2v) is 23.9. The summed E-state index contributed by atoms with van der Waals surface area (Å²) in [5.41, 5.74) is 4.83. The lowest BCUT2D eigenvalue weighted by Gasteiger charge is -2.72. The number of pyridine rings is 1. The largest absolute Gasteiger partial charge is 0.481 e. The van der Waals surface area contributed by atoms with Gasteiger partial charge in [0.2, 0.25) is 11.8 Å². The predicted octanol–water partition coefficient (Wildman–Crippen LogP) is 9.29. The Morgan fingerprint density at radius 1 is 1.02 bits per heavy atom. The average Bonchev–Trinajstić information content (AvgIpc) is 3.56. The summed E-state index contributed by atoms with van der Waals surface area (Å²) >= 11 is 0. The zero-order valence-electron chi connectivity index (χ0n) is 36.8. The fourth-order valence-electron chi connectivity index (χ4n) is 15.6. The summed E-state index contributed by atoms with van der Waals surface area (Å²) in [7, 11) is -2.88. The molecule has 1 aromatic rings. The van der Waals surface area contributed by atoms with Gasteiger partial charge in [0.1, 0.15) is 6.61 Å². The molecule has 4 saturated carbocycles. The number of ether oxygens (including phenoxy) is 1. The van der Waals surface area contributed by atoms with Gasteiger partial charge in [-0.3, -0.25) is 4.79 Å². The van der Waals surface area contributed by atoms with Crippen molar-refractivity contribution in [2.24, 2.45) is 63.1 Å². The summed E-state index contributed by atoms with van der Waals surface area (Å²) < 4.78 is 43.7. The molecular weight excluding hydrogens is 762 g/mol. The third-order valence-corrected chi connectivity index (χ3v) is 20.3. The summed E-state index contributed by atoms with van der Waals surface area (Å²) in [5, 5.41) is 14.6. The van der Waals surface area contributed by atoms with Crippen LogP contribution in [0.4, 0.5) is 4.39 Å². The first-order chi connectivity index (χ1) is 27.8. The minimum absolute atomic E-state index is 0.0403. The summed E-state index contributed by atoms with van der Waals surface area (Å²) in [6, 6.07) is 4.36. The summed E-state index contributed by atoms with van der Waals surface area (Å²) in [4.78, 5) is 18.8. The first-order valence-electron chi connectivity index (χ1n) is 23.1. The smallest absolute Gasteiger partial charge is 0.310 e. The molecule has 5 fully saturated rings. The fraction of sp³-hybridized carbons (Fsp3) is 0.755. The van der Waals surface area contributed by atoms with E-state index in [0.717, 1.165) is 38.8 Å². The van der Waals surface area contributed by atoms with E-state index < -0.39 is 27.7 Å². The van der Waals surface area contributed by atoms with Gasteiger partial charge < -0.3 is 20.1 Å². The Morgan fingerprint density at radius 3 is 2.49 bits per heavy atom. The van der Waals surface area contributed by atoms with Crippen LogP contribution in [0.1, 0.15) is 119 Å². The van der Waals surface area contributed by atoms with Gasteiger partial charge in [-0.05, 0) is 158 Å². The topological polar surface area (TPSA) is 109 Å². The molecule has 0 amide bonds. The van der Waals surface area contributed by atoms with Gasteiger partial charge in [-0.25, -0.2) is 8.42 Å². The molecule has 0 aromatic carbocycles. The van der Waals surface area contributed by atoms with Crippen LogP contribution in [0.5, 0.6) is 5.88 Å². The molecule has 1 aliphatic heterocycles. The first kappa shape index (κ1) is 43.1. The van der Waals surface area contributed by atoms with E-state index in [1.54, 1.807) is 6.07 Å². The molecule has 326 valence electrons. The van der Waals surface area contributed by atoms with Crippen molar-refractivity contribution < 1.29 is 27.4 Å². The van der Waals surface area contributed by atoms with E-state index >= 15 is 0 Å². The quantitative estimate of drug-likeness (QED) is 0.168. The maximum Gasteiger partial charge on any atom is 0.310 e. The Hall–Kier alpha value is -2.56. The molecule has 59 heavy (non-hydrogen) atoms. The van der Waals surface area contributed by atoms with Crippen molar-refractivity contribution >= 4 is 15.8 Å². The van der Waals surface area contributed by atoms with Crippen LogP contribution in [0, 0.1) is 69.0 Å². The molecule has 0 bridgehead atoms. The van der Waals surface area contributed by atoms with Gasteiger partial charge in [-0.1, -0.05) is 65.0 Å². The van der Waals surface area contributed by atoms with Gasteiger partial charge in [0.15, 0.2) is 9.84 Å². The van der Waals surface area contributed by atoms with Crippen LogP contribution in [0.25, 0.3) is 0 Å². The van der Waals surface area contributed by atoms with Crippen molar-refractivity contribution in [1.82, 2.24) is 15.2 Å². The highest BCUT2D eigenvalue weighted by Crippen LogP contribution is 2.76. The van der Waals surface area contributed by atoms with Crippen LogP contribution < -0.4 is 10.1 Å². The molecule has 2 unspecified atom stereocenters. The normalized spacial score (nSPS) is 40.6. The molecule has 6 aliphatic carbocycles. The van der Waals surface area contributed by atoms with Crippen molar-refractivity contribution in [3.05, 3.63) is 59.6 Å². The van der Waals surface area contributed by atoms with Crippen LogP contribution in [-0.4, -0.2) is 79.2 Å². The molecule has 8 nitrogen and oxygen atoms in total. The number of hydrogen-bond donors (Lipinski definition) is 2. The van der Waals surface area contributed by atoms with Crippen LogP contribution >= 0.6 is 0 Å². The molecule has 11 atom stereocenters. The number of halogens is 1. The lowest BCUT2D eigenvalue weighted by atomic mass is 9.33. The highest BCUT2D eigenvalue weighted by Gasteiger charge is 2.70. The maximum atomic E-state index is 13.7. The molecule has 2 heterocycles. The lowest BCUT2D eigenvalue weighted by Crippen LogP contribution is -2.68. The van der Waals surface area contributed by atoms with Crippen molar-refractivity contribution in [3.63, 3.8) is 0 Å². The highest BCUT2D eigenvalue weighted by molar-refractivity contribution is 7.91. The molecular formula is C49H72FN3O5S. The third-order valence-electron chi connectivity index (χ3n) is 18.7. The number of rotatable bonds is 11. The SMILES string of the molecule is C=C(C)[C@@H]1CC[C@]2(NCCN3CCS(=O)(=O)CC3)CC[C@]3(C)[C@H](CC[C@@H]4[C@@]5(C)CC=C(C6=CC(C(COc7cccc(F)n7)C(=O)O)CCC6)C(C)(C)[C@@H]5CC[C@]43C)[C@@H]12. The number of fused-ring (bicyclic) bond motifs is 7. The monoisotopic (exact) mass is 834 g/mol. The number of sulfone groups is 1. The minimum Gasteiger partial charge on any atom is -0.481 e. The summed E-state index contributed by atoms with van der Waals surface area (Å²) in [6.07, 6.45) is 18.5. The maximum absolute atomic E-state index is 13.7. The van der Waals surface area contributed by atoms with E-state index in [4.69, 9.17) is 4.74 Å². The third kappa shape index (κ3) is 7.38. The van der Waals surface area contributed by atoms with Gasteiger partial charge in [0.25, 0.3) is 0 Å². The Kier molecular flexibility index (Phi) is 11.4. The van der Waals surface area contributed by atoms with E-state index in [1.807, 2.05) is 0 Å². The van der Waals surface area contributed by atoms with Gasteiger partial charge in [-0.2, -0.15) is 9.37 Å². The van der Waals surface area contributed by atoms with Crippen LogP contribution in [0.2, 0.25) is 0 Å². The second kappa shape index (κ2) is 15.7. The minimum atomic E-state index is -2.88. The fourth-order valence-corrected chi connectivity index (χ4v) is 16.8. The number of aliphatic carboxylic acids is 1. The lowest BCUT2D eigenvalue weighted by molar-refractivity contribution is -0.221. The Labute approximate surface area is 354 Å². The molecule has 8 rings (SSSR count). The zero-order chi connectivity index (χ0) is 42.2. The first-order valence-corrected chi connectivity index (χ1v) is 24.9. The number of carboxylic acid groups (broad SMARTS) is 1. The standard InChI is InChI=1S/C49H72FN3O5S/c1-32(2)35-16-21-49(51-24-25-53-26-28-59(56,57)29-27-53)23-22-47(6)38(43(35)49)14-15-40-46(5)19-17-37(45(3,4)39(46)18-20-48(40,47)7)34-11-8-10-33(30-34)36(44(54)55)31-58-42-13-9-12-41(50)52-42/h9,12-13,17,30,33,35-36,38-40,43,51H,1,8,10-11,14-16,18-29,31H2,2-7H3,(H,54,55)/t33?,35-,36?,38+,39-,40+,43+,46-,47+,48+,49-/m0/s1. The highest BCUT2D eigenvalue weighted by atomic mass is 32.2. The number of nitrogens with one attached hydrogen (secondary N) is 1. The Bertz CT molecular complexity index is 1970. The van der Waals surface area contributed by atoms with Crippen molar-refractivity contribution in [1.29, 1.82) is 0 Å². The number of nitrogens with zero attached hydrogens (tertiary/aromatic N) is 2. The van der Waals surface area contributed by atoms with E-state index in [0.29, 0.717) is 42.7 Å². The average molecular weight is 834 g/mol. The summed E-state index contributed by atoms with van der Waals surface area (Å²) in [5.74, 6) is 1.20. The number of carboxylic acids is 1. The molecule has 7 aliphatic rings. The van der Waals surface area contributed by atoms with E-state index in [1.165, 1.54) is 80.2 Å². The second-order valence-electron chi connectivity index (χ2n) is 21.6. The summed E-state index contributed by atoms with van der Waals surface area (Å²) in [6.45, 7) is 23.0. The number of aromatic nitrogens is 1. The number of allylic oxidation sites excluding steroid dienone is 5. The predicted molar refractivity (Wildman–Crippen MR) is 232 cm³/mol. The number of hydrogen-bond acceptors (Lipinski definition) is 7. The molecule has 1 saturated heterocycles. The Morgan fingerprint density at radius 2 is 1.78 bits per heavy atom. The van der Waals surface area contributed by atoms with Gasteiger partial charge >= 0.3 is 5.97 Å². The molecule has 0 spiro atoms. The Balaban J connectivity index is 1.02. The van der Waals surface area contributed by atoms with Crippen LogP contribution in [0.3, 0.4) is 0 Å². The van der Waals surface area contributed by atoms with Crippen LogP contribution in [-0.2, 0) is 14.6 Å². The van der Waals surface area contributed by atoms with Crippen molar-refractivity contribution in [2.45, 2.75) is 124 Å². The molecule has 0 radical (unpaired) electrons. The van der Waals surface area contributed by atoms with E-state index in [2.05, 4.69) is 75.5 Å². The molecule has 1 aromatic heterocycles. The number of carbonyl (C=O) groups is 1. The van der Waals surface area contributed by atoms with Crippen LogP contribution in [0.15, 0.2) is 53.6 Å². The molecule has 10 heteroatoms. The van der Waals surface area contributed by atoms with Crippen molar-refractivity contribution in [2.75, 3.05) is 44.3 Å². The van der Waals surface area contributed by atoms with E-state index in [9.17, 15) is 22.7 Å². The van der Waals surface area contributed by atoms with Crippen molar-refractivity contribution in [3.8, 4) is 5.88 Å². The van der Waals surface area contributed by atoms with E-state index in [-0.39, 0.29) is 57.1 Å². The van der Waals surface area contributed by atoms with Gasteiger partial charge in [-0.15, -0.1) is 0 Å². The molecule has 2 N–H and O–H groups in total. The zero-order valence-corrected chi connectivity index (χ0v) is 37.6.